The topological polar surface area (TPSA) is 88.3 Å². The van der Waals surface area contributed by atoms with E-state index in [-0.39, 0.29) is 29.6 Å². The predicted octanol–water partition coefficient (Wildman–Crippen LogP) is 1.51. The summed E-state index contributed by atoms with van der Waals surface area (Å²) in [4.78, 5) is 30.9. The summed E-state index contributed by atoms with van der Waals surface area (Å²) < 4.78 is 5.16. The highest BCUT2D eigenvalue weighted by Crippen LogP contribution is 2.39. The first-order chi connectivity index (χ1) is 10.8. The first-order valence-corrected chi connectivity index (χ1v) is 8.27. The lowest BCUT2D eigenvalue weighted by Crippen LogP contribution is -2.48. The third-order valence-corrected chi connectivity index (χ3v) is 4.23. The van der Waals surface area contributed by atoms with Crippen LogP contribution in [0.1, 0.15) is 68.9 Å². The average molecular weight is 320 g/mol. The normalized spacial score (nSPS) is 21.7. The molecule has 2 heterocycles. The van der Waals surface area contributed by atoms with Crippen LogP contribution >= 0.6 is 0 Å². The first-order valence-electron chi connectivity index (χ1n) is 8.27. The van der Waals surface area contributed by atoms with Crippen LogP contribution in [-0.4, -0.2) is 51.4 Å². The molecule has 7 nitrogen and oxygen atoms in total. The fourth-order valence-electron chi connectivity index (χ4n) is 2.76. The van der Waals surface area contributed by atoms with Crippen molar-refractivity contribution >= 4 is 11.7 Å². The van der Waals surface area contributed by atoms with Crippen molar-refractivity contribution in [3.8, 4) is 0 Å². The molecule has 126 valence electrons. The minimum atomic E-state index is -0.464. The highest BCUT2D eigenvalue weighted by Gasteiger charge is 2.38. The molecule has 2 aliphatic rings. The van der Waals surface area contributed by atoms with Gasteiger partial charge in [-0.05, 0) is 46.5 Å². The second kappa shape index (κ2) is 6.03. The minimum Gasteiger partial charge on any atom is -0.339 e. The Morgan fingerprint density at radius 3 is 2.70 bits per heavy atom. The molecule has 1 aliphatic carbocycles. The van der Waals surface area contributed by atoms with Crippen LogP contribution in [0.3, 0.4) is 0 Å². The van der Waals surface area contributed by atoms with Crippen LogP contribution in [0.2, 0.25) is 0 Å². The highest BCUT2D eigenvalue weighted by atomic mass is 16.5. The molecule has 0 radical (unpaired) electrons. The van der Waals surface area contributed by atoms with Crippen molar-refractivity contribution in [3.05, 3.63) is 11.7 Å². The van der Waals surface area contributed by atoms with Crippen LogP contribution in [0.25, 0.3) is 0 Å². The Morgan fingerprint density at radius 2 is 2.04 bits per heavy atom. The second-order valence-corrected chi connectivity index (χ2v) is 7.44. The lowest BCUT2D eigenvalue weighted by atomic mass is 10.1. The molecule has 2 fully saturated rings. The highest BCUT2D eigenvalue weighted by molar-refractivity contribution is 5.99. The summed E-state index contributed by atoms with van der Waals surface area (Å²) in [6.07, 6.45) is 3.57. The number of nitrogens with one attached hydrogen (secondary N) is 1. The second-order valence-electron chi connectivity index (χ2n) is 7.44. The molecule has 1 aliphatic heterocycles. The van der Waals surface area contributed by atoms with Gasteiger partial charge in [0.25, 0.3) is 0 Å². The quantitative estimate of drug-likeness (QED) is 0.827. The summed E-state index contributed by atoms with van der Waals surface area (Å²) in [5.41, 5.74) is -0.137. The molecular weight excluding hydrogens is 296 g/mol. The number of carbonyl (C=O) groups excluding carboxylic acids is 2. The van der Waals surface area contributed by atoms with E-state index in [4.69, 9.17) is 4.52 Å². The number of likely N-dealkylation sites (tertiary alicyclic amines) is 1. The van der Waals surface area contributed by atoms with E-state index in [1.807, 2.05) is 20.8 Å². The van der Waals surface area contributed by atoms with Gasteiger partial charge in [-0.2, -0.15) is 4.98 Å². The zero-order valence-corrected chi connectivity index (χ0v) is 14.0. The Kier molecular flexibility index (Phi) is 4.23. The van der Waals surface area contributed by atoms with Gasteiger partial charge in [-0.1, -0.05) is 5.16 Å². The molecule has 0 bridgehead atoms. The van der Waals surface area contributed by atoms with Crippen LogP contribution in [0, 0.1) is 0 Å². The lowest BCUT2D eigenvalue weighted by Gasteiger charge is -2.26. The van der Waals surface area contributed by atoms with Crippen molar-refractivity contribution in [2.75, 3.05) is 13.1 Å². The number of hydrogen-bond acceptors (Lipinski definition) is 6. The third kappa shape index (κ3) is 3.77. The molecule has 1 aromatic heterocycles. The standard InChI is InChI=1S/C16H24N4O3/c1-16(2,3)17-9-12(21)20-8-4-5-11(20)13(22)14-18-15(23-19-14)10-6-7-10/h10-11,17H,4-9H2,1-3H3. The molecule has 7 heteroatoms. The Labute approximate surface area is 135 Å². The van der Waals surface area contributed by atoms with Gasteiger partial charge in [0.1, 0.15) is 0 Å². The van der Waals surface area contributed by atoms with Gasteiger partial charge >= 0.3 is 0 Å². The van der Waals surface area contributed by atoms with Gasteiger partial charge in [-0.3, -0.25) is 9.59 Å². The number of hydrogen-bond donors (Lipinski definition) is 1. The summed E-state index contributed by atoms with van der Waals surface area (Å²) in [5.74, 6) is 0.726. The zero-order valence-electron chi connectivity index (χ0n) is 14.0. The summed E-state index contributed by atoms with van der Waals surface area (Å²) in [6.45, 7) is 6.85. The molecule has 1 saturated heterocycles. The fraction of sp³-hybridized carbons (Fsp3) is 0.750. The van der Waals surface area contributed by atoms with Crippen LogP contribution < -0.4 is 5.32 Å². The monoisotopic (exact) mass is 320 g/mol. The third-order valence-electron chi connectivity index (χ3n) is 4.23. The number of carbonyl (C=O) groups is 2. The maximum absolute atomic E-state index is 12.6. The van der Waals surface area contributed by atoms with Crippen molar-refractivity contribution < 1.29 is 14.1 Å². The van der Waals surface area contributed by atoms with E-state index in [0.717, 1.165) is 19.3 Å². The van der Waals surface area contributed by atoms with Crippen molar-refractivity contribution in [1.82, 2.24) is 20.4 Å². The van der Waals surface area contributed by atoms with Gasteiger partial charge in [0, 0.05) is 18.0 Å². The average Bonchev–Trinajstić information content (AvgIpc) is 3.03. The van der Waals surface area contributed by atoms with E-state index >= 15 is 0 Å². The van der Waals surface area contributed by atoms with Crippen molar-refractivity contribution in [1.29, 1.82) is 0 Å². The van der Waals surface area contributed by atoms with Crippen LogP contribution in [0.5, 0.6) is 0 Å². The lowest BCUT2D eigenvalue weighted by molar-refractivity contribution is -0.130. The van der Waals surface area contributed by atoms with Gasteiger partial charge in [-0.15, -0.1) is 0 Å². The molecule has 3 rings (SSSR count). The van der Waals surface area contributed by atoms with Gasteiger partial charge in [0.15, 0.2) is 0 Å². The Balaban J connectivity index is 1.65. The van der Waals surface area contributed by atoms with Crippen molar-refractivity contribution in [3.63, 3.8) is 0 Å². The van der Waals surface area contributed by atoms with Crippen molar-refractivity contribution in [2.45, 2.75) is 64.0 Å². The minimum absolute atomic E-state index is 0.0540. The van der Waals surface area contributed by atoms with Crippen LogP contribution in [0.15, 0.2) is 4.52 Å². The first kappa shape index (κ1) is 16.1. The number of Topliss-reactive ketones (excluding diaryl/α,β-unsaturated/α-hetero) is 1. The van der Waals surface area contributed by atoms with Crippen LogP contribution in [-0.2, 0) is 4.79 Å². The van der Waals surface area contributed by atoms with Crippen molar-refractivity contribution in [2.24, 2.45) is 0 Å². The van der Waals surface area contributed by atoms with E-state index in [2.05, 4.69) is 15.5 Å². The molecule has 1 aromatic rings. The molecular formula is C16H24N4O3. The predicted molar refractivity (Wildman–Crippen MR) is 83.1 cm³/mol. The summed E-state index contributed by atoms with van der Waals surface area (Å²) in [7, 11) is 0. The van der Waals surface area contributed by atoms with Gasteiger partial charge in [0.2, 0.25) is 23.4 Å². The smallest absolute Gasteiger partial charge is 0.240 e. The van der Waals surface area contributed by atoms with Crippen LogP contribution in [0.4, 0.5) is 0 Å². The molecule has 1 atom stereocenters. The molecule has 1 saturated carbocycles. The largest absolute Gasteiger partial charge is 0.339 e. The molecule has 1 unspecified atom stereocenters. The summed E-state index contributed by atoms with van der Waals surface area (Å²) >= 11 is 0. The fourth-order valence-corrected chi connectivity index (χ4v) is 2.76. The zero-order chi connectivity index (χ0) is 16.6. The Bertz CT molecular complexity index is 601. The molecule has 23 heavy (non-hydrogen) atoms. The maximum Gasteiger partial charge on any atom is 0.240 e. The SMILES string of the molecule is CC(C)(C)NCC(=O)N1CCCC1C(=O)c1noc(C2CC2)n1. The van der Waals surface area contributed by atoms with E-state index in [1.54, 1.807) is 4.90 Å². The van der Waals surface area contributed by atoms with E-state index < -0.39 is 6.04 Å². The van der Waals surface area contributed by atoms with Gasteiger partial charge < -0.3 is 14.7 Å². The Hall–Kier alpha value is -1.76. The summed E-state index contributed by atoms with van der Waals surface area (Å²) in [5, 5.41) is 6.98. The van der Waals surface area contributed by atoms with E-state index in [9.17, 15) is 9.59 Å². The number of amides is 1. The van der Waals surface area contributed by atoms with Gasteiger partial charge in [-0.25, -0.2) is 0 Å². The maximum atomic E-state index is 12.6. The number of nitrogens with zero attached hydrogens (tertiary/aromatic N) is 3. The molecule has 1 N–H and O–H groups in total. The number of ketones is 1. The molecule has 0 spiro atoms. The van der Waals surface area contributed by atoms with E-state index in [0.29, 0.717) is 24.8 Å². The molecule has 1 amide bonds. The number of rotatable bonds is 5. The number of aromatic nitrogens is 2. The van der Waals surface area contributed by atoms with E-state index in [1.165, 1.54) is 0 Å². The van der Waals surface area contributed by atoms with Gasteiger partial charge in [0.05, 0.1) is 12.6 Å². The summed E-state index contributed by atoms with van der Waals surface area (Å²) in [6, 6.07) is -0.464. The Morgan fingerprint density at radius 1 is 1.30 bits per heavy atom. The molecule has 0 aromatic carbocycles.